The van der Waals surface area contributed by atoms with E-state index in [0.29, 0.717) is 0 Å². The minimum atomic E-state index is -3.52. The van der Waals surface area contributed by atoms with Crippen LogP contribution < -0.4 is 15.4 Å². The van der Waals surface area contributed by atoms with Gasteiger partial charge in [0.05, 0.1) is 10.6 Å². The Morgan fingerprint density at radius 3 is 2.70 bits per heavy atom. The van der Waals surface area contributed by atoms with Crippen LogP contribution in [0.2, 0.25) is 0 Å². The van der Waals surface area contributed by atoms with Gasteiger partial charge in [0.2, 0.25) is 5.88 Å². The van der Waals surface area contributed by atoms with Gasteiger partial charge in [0.25, 0.3) is 0 Å². The summed E-state index contributed by atoms with van der Waals surface area (Å²) < 4.78 is 43.1. The SMILES string of the molecule is CS(=O)(=O)c1ccc(Nc2ncnc(OC3CCNCC3)c2C#N)c(F)c1. The summed E-state index contributed by atoms with van der Waals surface area (Å²) in [6.45, 7) is 1.64. The molecule has 0 unspecified atom stereocenters. The third kappa shape index (κ3) is 4.50. The molecule has 10 heteroatoms. The first-order valence-corrected chi connectivity index (χ1v) is 10.2. The van der Waals surface area contributed by atoms with Gasteiger partial charge in [-0.05, 0) is 44.1 Å². The number of benzene rings is 1. The molecule has 0 radical (unpaired) electrons. The van der Waals surface area contributed by atoms with Gasteiger partial charge in [0, 0.05) is 6.26 Å². The van der Waals surface area contributed by atoms with Gasteiger partial charge >= 0.3 is 0 Å². The number of ether oxygens (including phenoxy) is 1. The van der Waals surface area contributed by atoms with Crippen molar-refractivity contribution in [2.45, 2.75) is 23.8 Å². The quantitative estimate of drug-likeness (QED) is 0.792. The van der Waals surface area contributed by atoms with Crippen molar-refractivity contribution in [3.8, 4) is 11.9 Å². The van der Waals surface area contributed by atoms with Crippen molar-refractivity contribution in [3.63, 3.8) is 0 Å². The van der Waals surface area contributed by atoms with Gasteiger partial charge < -0.3 is 15.4 Å². The Morgan fingerprint density at radius 1 is 1.33 bits per heavy atom. The molecule has 0 saturated carbocycles. The van der Waals surface area contributed by atoms with Crippen LogP contribution in [0, 0.1) is 17.1 Å². The lowest BCUT2D eigenvalue weighted by molar-refractivity contribution is 0.155. The van der Waals surface area contributed by atoms with Crippen molar-refractivity contribution >= 4 is 21.3 Å². The van der Waals surface area contributed by atoms with E-state index in [-0.39, 0.29) is 33.9 Å². The van der Waals surface area contributed by atoms with Crippen molar-refractivity contribution in [1.29, 1.82) is 5.26 Å². The zero-order valence-corrected chi connectivity index (χ0v) is 15.4. The van der Waals surface area contributed by atoms with Gasteiger partial charge in [-0.15, -0.1) is 0 Å². The molecule has 0 spiro atoms. The predicted octanol–water partition coefficient (Wildman–Crippen LogP) is 1.77. The van der Waals surface area contributed by atoms with E-state index >= 15 is 0 Å². The Labute approximate surface area is 156 Å². The van der Waals surface area contributed by atoms with Crippen LogP contribution >= 0.6 is 0 Å². The van der Waals surface area contributed by atoms with Gasteiger partial charge in [0.15, 0.2) is 21.2 Å². The molecule has 142 valence electrons. The molecule has 2 heterocycles. The van der Waals surface area contributed by atoms with Gasteiger partial charge in [0.1, 0.15) is 24.3 Å². The molecule has 27 heavy (non-hydrogen) atoms. The molecular weight excluding hydrogens is 373 g/mol. The van der Waals surface area contributed by atoms with E-state index in [1.54, 1.807) is 0 Å². The van der Waals surface area contributed by atoms with Crippen molar-refractivity contribution in [3.05, 3.63) is 35.9 Å². The number of nitriles is 1. The number of halogens is 1. The van der Waals surface area contributed by atoms with E-state index in [0.717, 1.165) is 38.3 Å². The van der Waals surface area contributed by atoms with Crippen molar-refractivity contribution in [2.24, 2.45) is 0 Å². The first-order chi connectivity index (χ1) is 12.9. The van der Waals surface area contributed by atoms with Crippen LogP contribution in [0.1, 0.15) is 18.4 Å². The lowest BCUT2D eigenvalue weighted by atomic mass is 10.1. The van der Waals surface area contributed by atoms with Gasteiger partial charge in [-0.1, -0.05) is 0 Å². The Bertz CT molecular complexity index is 985. The Hall–Kier alpha value is -2.77. The number of piperidine rings is 1. The van der Waals surface area contributed by atoms with Crippen LogP contribution in [-0.4, -0.2) is 43.8 Å². The Balaban J connectivity index is 1.87. The minimum Gasteiger partial charge on any atom is -0.473 e. The van der Waals surface area contributed by atoms with Crippen LogP contribution in [0.3, 0.4) is 0 Å². The Kier molecular flexibility index (Phi) is 5.53. The topological polar surface area (TPSA) is 117 Å². The highest BCUT2D eigenvalue weighted by atomic mass is 32.2. The van der Waals surface area contributed by atoms with E-state index in [1.165, 1.54) is 18.5 Å². The highest BCUT2D eigenvalue weighted by Crippen LogP contribution is 2.28. The second-order valence-corrected chi connectivity index (χ2v) is 8.14. The molecule has 1 aliphatic heterocycles. The molecular formula is C17H18FN5O3S. The fourth-order valence-electron chi connectivity index (χ4n) is 2.68. The maximum absolute atomic E-state index is 14.3. The first kappa shape index (κ1) is 19.0. The van der Waals surface area contributed by atoms with Crippen LogP contribution in [0.15, 0.2) is 29.4 Å². The van der Waals surface area contributed by atoms with Crippen LogP contribution in [0.4, 0.5) is 15.9 Å². The Morgan fingerprint density at radius 2 is 2.07 bits per heavy atom. The summed E-state index contributed by atoms with van der Waals surface area (Å²) in [6.07, 6.45) is 3.74. The first-order valence-electron chi connectivity index (χ1n) is 8.27. The normalized spacial score (nSPS) is 15.1. The number of hydrogen-bond acceptors (Lipinski definition) is 8. The molecule has 1 saturated heterocycles. The summed E-state index contributed by atoms with van der Waals surface area (Å²) in [4.78, 5) is 7.88. The lowest BCUT2D eigenvalue weighted by Gasteiger charge is -2.23. The summed E-state index contributed by atoms with van der Waals surface area (Å²) in [5, 5.41) is 15.4. The lowest BCUT2D eigenvalue weighted by Crippen LogP contribution is -2.34. The summed E-state index contributed by atoms with van der Waals surface area (Å²) in [5.41, 5.74) is 0.0491. The maximum Gasteiger partial charge on any atom is 0.237 e. The molecule has 3 rings (SSSR count). The maximum atomic E-state index is 14.3. The molecule has 1 aromatic carbocycles. The largest absolute Gasteiger partial charge is 0.473 e. The average Bonchev–Trinajstić information content (AvgIpc) is 2.63. The van der Waals surface area contributed by atoms with Gasteiger partial charge in [-0.3, -0.25) is 0 Å². The molecule has 2 N–H and O–H groups in total. The molecule has 0 aliphatic carbocycles. The smallest absolute Gasteiger partial charge is 0.237 e. The molecule has 0 atom stereocenters. The second-order valence-electron chi connectivity index (χ2n) is 6.12. The second kappa shape index (κ2) is 7.85. The van der Waals surface area contributed by atoms with Crippen molar-refractivity contribution in [2.75, 3.05) is 24.7 Å². The van der Waals surface area contributed by atoms with E-state index in [9.17, 15) is 18.1 Å². The molecule has 0 amide bonds. The number of aromatic nitrogens is 2. The van der Waals surface area contributed by atoms with Crippen molar-refractivity contribution in [1.82, 2.24) is 15.3 Å². The summed E-state index contributed by atoms with van der Waals surface area (Å²) >= 11 is 0. The third-order valence-corrected chi connectivity index (χ3v) is 5.22. The van der Waals surface area contributed by atoms with E-state index in [4.69, 9.17) is 4.74 Å². The number of nitrogens with one attached hydrogen (secondary N) is 2. The number of hydrogen-bond donors (Lipinski definition) is 2. The molecule has 1 aliphatic rings. The highest BCUT2D eigenvalue weighted by molar-refractivity contribution is 7.90. The van der Waals surface area contributed by atoms with E-state index < -0.39 is 15.7 Å². The van der Waals surface area contributed by atoms with E-state index in [1.807, 2.05) is 6.07 Å². The molecule has 8 nitrogen and oxygen atoms in total. The molecule has 0 bridgehead atoms. The number of nitrogens with zero attached hydrogens (tertiary/aromatic N) is 3. The zero-order chi connectivity index (χ0) is 19.4. The van der Waals surface area contributed by atoms with Crippen LogP contribution in [0.25, 0.3) is 0 Å². The number of anilines is 2. The van der Waals surface area contributed by atoms with E-state index in [2.05, 4.69) is 20.6 Å². The zero-order valence-electron chi connectivity index (χ0n) is 14.6. The molecule has 1 fully saturated rings. The fourth-order valence-corrected chi connectivity index (χ4v) is 3.31. The van der Waals surface area contributed by atoms with Gasteiger partial charge in [-0.2, -0.15) is 5.26 Å². The summed E-state index contributed by atoms with van der Waals surface area (Å²) in [7, 11) is -3.52. The summed E-state index contributed by atoms with van der Waals surface area (Å²) in [6, 6.07) is 5.45. The number of sulfone groups is 1. The standard InChI is InChI=1S/C17H18FN5O3S/c1-27(24,25)12-2-3-15(14(18)8-12)23-16-13(9-19)17(22-10-21-16)26-11-4-6-20-7-5-11/h2-3,8,10-11,20H,4-7H2,1H3,(H,21,22,23). The minimum absolute atomic E-state index is 0.00887. The molecule has 1 aromatic heterocycles. The third-order valence-electron chi connectivity index (χ3n) is 4.11. The van der Waals surface area contributed by atoms with Crippen molar-refractivity contribution < 1.29 is 17.5 Å². The predicted molar refractivity (Wildman–Crippen MR) is 96.1 cm³/mol. The van der Waals surface area contributed by atoms with Crippen LogP contribution in [0.5, 0.6) is 5.88 Å². The molecule has 2 aromatic rings. The van der Waals surface area contributed by atoms with Crippen LogP contribution in [-0.2, 0) is 9.84 Å². The monoisotopic (exact) mass is 391 g/mol. The van der Waals surface area contributed by atoms with Gasteiger partial charge in [-0.25, -0.2) is 22.8 Å². The highest BCUT2D eigenvalue weighted by Gasteiger charge is 2.20. The number of rotatable bonds is 5. The summed E-state index contributed by atoms with van der Waals surface area (Å²) in [5.74, 6) is -0.557. The average molecular weight is 391 g/mol. The fraction of sp³-hybridized carbons (Fsp3) is 0.353.